The summed E-state index contributed by atoms with van der Waals surface area (Å²) in [7, 11) is 0. The molecule has 1 aromatic rings. The summed E-state index contributed by atoms with van der Waals surface area (Å²) in [6.45, 7) is 6.50. The molecule has 0 amide bonds. The van der Waals surface area contributed by atoms with Gasteiger partial charge in [0.1, 0.15) is 0 Å². The molecule has 1 rings (SSSR count). The van der Waals surface area contributed by atoms with Crippen molar-refractivity contribution in [3.05, 3.63) is 34.3 Å². The first-order valence-electron chi connectivity index (χ1n) is 4.92. The number of carbonyl (C=O) groups is 1. The Balaban J connectivity index is 2.62. The molecule has 0 aromatic heterocycles. The third-order valence-electron chi connectivity index (χ3n) is 1.93. The molecule has 0 unspecified atom stereocenters. The zero-order valence-corrected chi connectivity index (χ0v) is 10.9. The van der Waals surface area contributed by atoms with Crippen molar-refractivity contribution in [2.75, 3.05) is 6.54 Å². The fourth-order valence-electron chi connectivity index (χ4n) is 1.11. The second-order valence-corrected chi connectivity index (χ2v) is 5.45. The highest BCUT2D eigenvalue weighted by Gasteiger charge is 2.12. The lowest BCUT2D eigenvalue weighted by molar-refractivity contribution is 0.0982. The molecule has 1 aromatic carbocycles. The minimum absolute atomic E-state index is 0.0261. The number of halogens is 1. The first-order valence-corrected chi connectivity index (χ1v) is 5.71. The largest absolute Gasteiger partial charge is 0.305 e. The van der Waals surface area contributed by atoms with Crippen LogP contribution in [0.15, 0.2) is 28.7 Å². The highest BCUT2D eigenvalue weighted by atomic mass is 79.9. The van der Waals surface area contributed by atoms with Crippen LogP contribution in [-0.4, -0.2) is 17.9 Å². The van der Waals surface area contributed by atoms with Gasteiger partial charge in [-0.2, -0.15) is 0 Å². The highest BCUT2D eigenvalue weighted by molar-refractivity contribution is 9.10. The predicted molar refractivity (Wildman–Crippen MR) is 66.2 cm³/mol. The normalized spacial score (nSPS) is 11.5. The molecule has 2 nitrogen and oxygen atoms in total. The Morgan fingerprint density at radius 2 is 2.07 bits per heavy atom. The lowest BCUT2D eigenvalue weighted by Gasteiger charge is -2.19. The Kier molecular flexibility index (Phi) is 4.05. The summed E-state index contributed by atoms with van der Waals surface area (Å²) in [5, 5.41) is 3.17. The van der Waals surface area contributed by atoms with E-state index in [-0.39, 0.29) is 11.3 Å². The van der Waals surface area contributed by atoms with Crippen molar-refractivity contribution in [1.82, 2.24) is 5.32 Å². The van der Waals surface area contributed by atoms with E-state index in [1.165, 1.54) is 0 Å². The fraction of sp³-hybridized carbons (Fsp3) is 0.417. The molecule has 0 bridgehead atoms. The van der Waals surface area contributed by atoms with Gasteiger partial charge in [-0.25, -0.2) is 0 Å². The minimum atomic E-state index is -0.0261. The van der Waals surface area contributed by atoms with Gasteiger partial charge in [0.2, 0.25) is 0 Å². The lowest BCUT2D eigenvalue weighted by Crippen LogP contribution is -2.39. The Hall–Kier alpha value is -0.670. The summed E-state index contributed by atoms with van der Waals surface area (Å²) in [6, 6.07) is 7.45. The molecule has 0 aliphatic heterocycles. The SMILES string of the molecule is CC(C)(C)NCC(=O)c1cccc(Br)c1. The van der Waals surface area contributed by atoms with Crippen molar-refractivity contribution in [2.24, 2.45) is 0 Å². The molecule has 0 fully saturated rings. The van der Waals surface area contributed by atoms with Gasteiger partial charge >= 0.3 is 0 Å². The number of Topliss-reactive ketones (excluding diaryl/α,β-unsaturated/α-hetero) is 1. The van der Waals surface area contributed by atoms with Crippen molar-refractivity contribution >= 4 is 21.7 Å². The third kappa shape index (κ3) is 4.58. The van der Waals surface area contributed by atoms with Gasteiger partial charge in [-0.1, -0.05) is 28.1 Å². The Labute approximate surface area is 99.2 Å². The molecule has 3 heteroatoms. The maximum Gasteiger partial charge on any atom is 0.176 e. The number of hydrogen-bond donors (Lipinski definition) is 1. The molecule has 0 heterocycles. The van der Waals surface area contributed by atoms with Crippen LogP contribution in [0.5, 0.6) is 0 Å². The average Bonchev–Trinajstić information content (AvgIpc) is 2.13. The Bertz CT molecular complexity index is 355. The molecule has 0 spiro atoms. The minimum Gasteiger partial charge on any atom is -0.305 e. The standard InChI is InChI=1S/C12H16BrNO/c1-12(2,3)14-8-11(15)9-5-4-6-10(13)7-9/h4-7,14H,8H2,1-3H3. The van der Waals surface area contributed by atoms with Gasteiger partial charge < -0.3 is 5.32 Å². The Morgan fingerprint density at radius 3 is 2.60 bits per heavy atom. The van der Waals surface area contributed by atoms with E-state index >= 15 is 0 Å². The summed E-state index contributed by atoms with van der Waals surface area (Å²) in [4.78, 5) is 11.8. The molecule has 0 aliphatic rings. The summed E-state index contributed by atoms with van der Waals surface area (Å²) < 4.78 is 0.934. The number of ketones is 1. The molecular weight excluding hydrogens is 254 g/mol. The van der Waals surface area contributed by atoms with E-state index in [9.17, 15) is 4.79 Å². The van der Waals surface area contributed by atoms with Crippen molar-refractivity contribution in [1.29, 1.82) is 0 Å². The van der Waals surface area contributed by atoms with Gasteiger partial charge in [0, 0.05) is 15.6 Å². The van der Waals surface area contributed by atoms with Gasteiger partial charge in [-0.15, -0.1) is 0 Å². The summed E-state index contributed by atoms with van der Waals surface area (Å²) in [5.41, 5.74) is 0.711. The van der Waals surface area contributed by atoms with Gasteiger partial charge in [0.05, 0.1) is 6.54 Å². The van der Waals surface area contributed by atoms with E-state index in [4.69, 9.17) is 0 Å². The zero-order valence-electron chi connectivity index (χ0n) is 9.30. The second-order valence-electron chi connectivity index (χ2n) is 4.54. The predicted octanol–water partition coefficient (Wildman–Crippen LogP) is 3.02. The van der Waals surface area contributed by atoms with Crippen molar-refractivity contribution in [3.8, 4) is 0 Å². The van der Waals surface area contributed by atoms with E-state index in [0.717, 1.165) is 10.0 Å². The van der Waals surface area contributed by atoms with E-state index in [0.29, 0.717) is 6.54 Å². The van der Waals surface area contributed by atoms with Crippen LogP contribution in [0, 0.1) is 0 Å². The number of nitrogens with one attached hydrogen (secondary N) is 1. The van der Waals surface area contributed by atoms with Crippen LogP contribution in [0.4, 0.5) is 0 Å². The van der Waals surface area contributed by atoms with E-state index in [1.54, 1.807) is 0 Å². The topological polar surface area (TPSA) is 29.1 Å². The monoisotopic (exact) mass is 269 g/mol. The molecular formula is C12H16BrNO. The molecule has 0 saturated carbocycles. The Morgan fingerprint density at radius 1 is 1.40 bits per heavy atom. The third-order valence-corrected chi connectivity index (χ3v) is 2.42. The molecule has 1 N–H and O–H groups in total. The average molecular weight is 270 g/mol. The van der Waals surface area contributed by atoms with Crippen LogP contribution in [0.1, 0.15) is 31.1 Å². The van der Waals surface area contributed by atoms with Crippen LogP contribution in [0.3, 0.4) is 0 Å². The van der Waals surface area contributed by atoms with Crippen LogP contribution >= 0.6 is 15.9 Å². The molecule has 0 aliphatic carbocycles. The smallest absolute Gasteiger partial charge is 0.176 e. The maximum absolute atomic E-state index is 11.8. The summed E-state index contributed by atoms with van der Waals surface area (Å²) in [5.74, 6) is 0.117. The first kappa shape index (κ1) is 12.4. The van der Waals surface area contributed by atoms with Gasteiger partial charge in [0.15, 0.2) is 5.78 Å². The molecule has 15 heavy (non-hydrogen) atoms. The highest BCUT2D eigenvalue weighted by Crippen LogP contribution is 2.12. The maximum atomic E-state index is 11.8. The van der Waals surface area contributed by atoms with Gasteiger partial charge in [-0.05, 0) is 32.9 Å². The summed E-state index contributed by atoms with van der Waals surface area (Å²) in [6.07, 6.45) is 0. The molecule has 0 radical (unpaired) electrons. The van der Waals surface area contributed by atoms with Gasteiger partial charge in [-0.3, -0.25) is 4.79 Å². The van der Waals surface area contributed by atoms with Crippen molar-refractivity contribution in [3.63, 3.8) is 0 Å². The van der Waals surface area contributed by atoms with E-state index in [1.807, 2.05) is 45.0 Å². The number of carbonyl (C=O) groups excluding carboxylic acids is 1. The van der Waals surface area contributed by atoms with Crippen molar-refractivity contribution < 1.29 is 4.79 Å². The first-order chi connectivity index (χ1) is 6.88. The van der Waals surface area contributed by atoms with Crippen LogP contribution < -0.4 is 5.32 Å². The number of benzene rings is 1. The van der Waals surface area contributed by atoms with E-state index in [2.05, 4.69) is 21.2 Å². The summed E-state index contributed by atoms with van der Waals surface area (Å²) >= 11 is 3.35. The van der Waals surface area contributed by atoms with Crippen molar-refractivity contribution in [2.45, 2.75) is 26.3 Å². The molecule has 0 atom stereocenters. The lowest BCUT2D eigenvalue weighted by atomic mass is 10.1. The van der Waals surface area contributed by atoms with Gasteiger partial charge in [0.25, 0.3) is 0 Å². The fourth-order valence-corrected chi connectivity index (χ4v) is 1.51. The number of hydrogen-bond acceptors (Lipinski definition) is 2. The zero-order chi connectivity index (χ0) is 11.5. The van der Waals surface area contributed by atoms with Crippen LogP contribution in [-0.2, 0) is 0 Å². The van der Waals surface area contributed by atoms with E-state index < -0.39 is 0 Å². The number of rotatable bonds is 3. The van der Waals surface area contributed by atoms with Crippen LogP contribution in [0.2, 0.25) is 0 Å². The van der Waals surface area contributed by atoms with Crippen LogP contribution in [0.25, 0.3) is 0 Å². The molecule has 82 valence electrons. The second kappa shape index (κ2) is 4.90. The quantitative estimate of drug-likeness (QED) is 0.855. The molecule has 0 saturated heterocycles.